The van der Waals surface area contributed by atoms with Crippen molar-refractivity contribution >= 4 is 17.4 Å². The Morgan fingerprint density at radius 2 is 2.36 bits per heavy atom. The fourth-order valence-electron chi connectivity index (χ4n) is 1.61. The zero-order valence-electron chi connectivity index (χ0n) is 8.22. The van der Waals surface area contributed by atoms with Crippen LogP contribution in [0.5, 0.6) is 0 Å². The first-order chi connectivity index (χ1) is 6.75. The van der Waals surface area contributed by atoms with Crippen LogP contribution in [0.15, 0.2) is 18.2 Å². The van der Waals surface area contributed by atoms with E-state index in [9.17, 15) is 4.39 Å². The summed E-state index contributed by atoms with van der Waals surface area (Å²) >= 11 is 1.93. The van der Waals surface area contributed by atoms with Crippen molar-refractivity contribution < 1.29 is 4.39 Å². The van der Waals surface area contributed by atoms with Gasteiger partial charge in [0.05, 0.1) is 5.69 Å². The van der Waals surface area contributed by atoms with Gasteiger partial charge < -0.3 is 5.32 Å². The van der Waals surface area contributed by atoms with E-state index in [-0.39, 0.29) is 5.82 Å². The number of nitrogens with one attached hydrogen (secondary N) is 1. The van der Waals surface area contributed by atoms with Gasteiger partial charge in [-0.1, -0.05) is 6.07 Å². The Labute approximate surface area is 88.1 Å². The van der Waals surface area contributed by atoms with E-state index in [0.717, 1.165) is 17.7 Å². The van der Waals surface area contributed by atoms with E-state index < -0.39 is 0 Å². The maximum absolute atomic E-state index is 13.4. The fraction of sp³-hybridized carbons (Fsp3) is 0.455. The molecule has 2 rings (SSSR count). The molecule has 0 bridgehead atoms. The highest BCUT2D eigenvalue weighted by atomic mass is 32.2. The van der Waals surface area contributed by atoms with Gasteiger partial charge in [-0.25, -0.2) is 4.39 Å². The van der Waals surface area contributed by atoms with Crippen LogP contribution in [-0.4, -0.2) is 17.5 Å². The van der Waals surface area contributed by atoms with Crippen LogP contribution >= 0.6 is 11.8 Å². The normalized spacial score (nSPS) is 21.1. The average molecular weight is 211 g/mol. The van der Waals surface area contributed by atoms with Crippen molar-refractivity contribution in [3.05, 3.63) is 29.6 Å². The lowest BCUT2D eigenvalue weighted by Gasteiger charge is -2.13. The summed E-state index contributed by atoms with van der Waals surface area (Å²) in [6, 6.07) is 5.78. The summed E-state index contributed by atoms with van der Waals surface area (Å²) in [4.78, 5) is 0. The fourth-order valence-corrected chi connectivity index (χ4v) is 2.76. The quantitative estimate of drug-likeness (QED) is 0.807. The molecule has 1 aromatic carbocycles. The minimum Gasteiger partial charge on any atom is -0.379 e. The molecule has 1 heterocycles. The Kier molecular flexibility index (Phi) is 2.96. The molecule has 76 valence electrons. The van der Waals surface area contributed by atoms with E-state index in [1.807, 2.05) is 30.8 Å². The highest BCUT2D eigenvalue weighted by Crippen LogP contribution is 2.23. The first kappa shape index (κ1) is 9.84. The van der Waals surface area contributed by atoms with Gasteiger partial charge in [-0.05, 0) is 36.8 Å². The number of halogens is 1. The Hall–Kier alpha value is -0.700. The third-order valence-electron chi connectivity index (χ3n) is 2.41. The number of thioether (sulfide) groups is 1. The molecule has 14 heavy (non-hydrogen) atoms. The zero-order valence-corrected chi connectivity index (χ0v) is 9.03. The van der Waals surface area contributed by atoms with E-state index in [1.54, 1.807) is 6.07 Å². The largest absolute Gasteiger partial charge is 0.379 e. The number of rotatable bonds is 2. The predicted molar refractivity (Wildman–Crippen MR) is 60.5 cm³/mol. The second-order valence-electron chi connectivity index (χ2n) is 3.69. The number of hydrogen-bond donors (Lipinski definition) is 1. The summed E-state index contributed by atoms with van der Waals surface area (Å²) < 4.78 is 13.4. The van der Waals surface area contributed by atoms with Crippen molar-refractivity contribution in [3.63, 3.8) is 0 Å². The number of anilines is 1. The molecule has 1 aliphatic rings. The summed E-state index contributed by atoms with van der Waals surface area (Å²) in [5.74, 6) is 2.14. The van der Waals surface area contributed by atoms with Crippen molar-refractivity contribution in [2.75, 3.05) is 16.8 Å². The molecule has 3 heteroatoms. The topological polar surface area (TPSA) is 12.0 Å². The number of benzene rings is 1. The molecule has 0 spiro atoms. The van der Waals surface area contributed by atoms with Crippen molar-refractivity contribution in [2.45, 2.75) is 19.4 Å². The van der Waals surface area contributed by atoms with Crippen LogP contribution in [0.3, 0.4) is 0 Å². The van der Waals surface area contributed by atoms with Crippen LogP contribution in [0.4, 0.5) is 10.1 Å². The standard InChI is InChI=1S/C11H14FNS/c1-8-2-3-11(10(12)6-8)13-9-4-5-14-7-9/h2-3,6,9,13H,4-5,7H2,1H3. The summed E-state index contributed by atoms with van der Waals surface area (Å²) in [7, 11) is 0. The Morgan fingerprint density at radius 3 is 3.00 bits per heavy atom. The number of aryl methyl sites for hydroxylation is 1. The molecule has 1 aliphatic heterocycles. The van der Waals surface area contributed by atoms with Crippen LogP contribution in [0, 0.1) is 12.7 Å². The van der Waals surface area contributed by atoms with Gasteiger partial charge in [0.15, 0.2) is 0 Å². The highest BCUT2D eigenvalue weighted by Gasteiger charge is 2.16. The second-order valence-corrected chi connectivity index (χ2v) is 4.84. The summed E-state index contributed by atoms with van der Waals surface area (Å²) in [6.07, 6.45) is 1.14. The maximum Gasteiger partial charge on any atom is 0.146 e. The predicted octanol–water partition coefficient (Wildman–Crippen LogP) is 3.05. The Morgan fingerprint density at radius 1 is 1.50 bits per heavy atom. The first-order valence-corrected chi connectivity index (χ1v) is 6.01. The number of hydrogen-bond acceptors (Lipinski definition) is 2. The van der Waals surface area contributed by atoms with E-state index in [0.29, 0.717) is 11.7 Å². The minimum absolute atomic E-state index is 0.137. The third-order valence-corrected chi connectivity index (χ3v) is 3.58. The summed E-state index contributed by atoms with van der Waals surface area (Å²) in [6.45, 7) is 1.90. The molecule has 0 aromatic heterocycles. The molecule has 0 radical (unpaired) electrons. The van der Waals surface area contributed by atoms with Gasteiger partial charge in [-0.3, -0.25) is 0 Å². The smallest absolute Gasteiger partial charge is 0.146 e. The zero-order chi connectivity index (χ0) is 9.97. The van der Waals surface area contributed by atoms with Gasteiger partial charge >= 0.3 is 0 Å². The molecule has 0 aliphatic carbocycles. The lowest BCUT2D eigenvalue weighted by molar-refractivity contribution is 0.625. The SMILES string of the molecule is Cc1ccc(NC2CCSC2)c(F)c1. The third kappa shape index (κ3) is 2.21. The Balaban J connectivity index is 2.08. The lowest BCUT2D eigenvalue weighted by atomic mass is 10.2. The van der Waals surface area contributed by atoms with Crippen LogP contribution in [0.2, 0.25) is 0 Å². The van der Waals surface area contributed by atoms with Gasteiger partial charge in [0, 0.05) is 11.8 Å². The van der Waals surface area contributed by atoms with Crippen LogP contribution in [0.1, 0.15) is 12.0 Å². The van der Waals surface area contributed by atoms with Crippen LogP contribution in [0.25, 0.3) is 0 Å². The van der Waals surface area contributed by atoms with E-state index in [4.69, 9.17) is 0 Å². The highest BCUT2D eigenvalue weighted by molar-refractivity contribution is 7.99. The summed E-state index contributed by atoms with van der Waals surface area (Å²) in [5.41, 5.74) is 1.61. The van der Waals surface area contributed by atoms with Gasteiger partial charge in [0.25, 0.3) is 0 Å². The molecular formula is C11H14FNS. The molecular weight excluding hydrogens is 197 g/mol. The minimum atomic E-state index is -0.137. The van der Waals surface area contributed by atoms with E-state index >= 15 is 0 Å². The van der Waals surface area contributed by atoms with Crippen molar-refractivity contribution in [1.82, 2.24) is 0 Å². The van der Waals surface area contributed by atoms with Gasteiger partial charge in [0.1, 0.15) is 5.82 Å². The average Bonchev–Trinajstić information content (AvgIpc) is 2.62. The van der Waals surface area contributed by atoms with Gasteiger partial charge in [-0.2, -0.15) is 11.8 Å². The van der Waals surface area contributed by atoms with E-state index in [1.165, 1.54) is 5.75 Å². The van der Waals surface area contributed by atoms with Gasteiger partial charge in [0.2, 0.25) is 0 Å². The molecule has 1 nitrogen and oxygen atoms in total. The monoisotopic (exact) mass is 211 g/mol. The lowest BCUT2D eigenvalue weighted by Crippen LogP contribution is -2.18. The van der Waals surface area contributed by atoms with Crippen molar-refractivity contribution in [2.24, 2.45) is 0 Å². The van der Waals surface area contributed by atoms with Crippen LogP contribution < -0.4 is 5.32 Å². The molecule has 1 saturated heterocycles. The molecule has 1 fully saturated rings. The molecule has 1 atom stereocenters. The van der Waals surface area contributed by atoms with Crippen LogP contribution in [-0.2, 0) is 0 Å². The molecule has 1 unspecified atom stereocenters. The Bertz CT molecular complexity index is 321. The van der Waals surface area contributed by atoms with E-state index in [2.05, 4.69) is 5.32 Å². The van der Waals surface area contributed by atoms with Crippen molar-refractivity contribution in [1.29, 1.82) is 0 Å². The molecule has 0 saturated carbocycles. The first-order valence-electron chi connectivity index (χ1n) is 4.86. The summed E-state index contributed by atoms with van der Waals surface area (Å²) in [5, 5.41) is 3.24. The molecule has 1 aromatic rings. The maximum atomic E-state index is 13.4. The van der Waals surface area contributed by atoms with Crippen molar-refractivity contribution in [3.8, 4) is 0 Å². The molecule has 0 amide bonds. The second kappa shape index (κ2) is 4.22. The van der Waals surface area contributed by atoms with Gasteiger partial charge in [-0.15, -0.1) is 0 Å². The molecule has 1 N–H and O–H groups in total.